The van der Waals surface area contributed by atoms with Crippen LogP contribution in [0.25, 0.3) is 0 Å². The van der Waals surface area contributed by atoms with Crippen LogP contribution in [0.1, 0.15) is 43.9 Å². The van der Waals surface area contributed by atoms with Gasteiger partial charge in [0.1, 0.15) is 12.6 Å². The summed E-state index contributed by atoms with van der Waals surface area (Å²) in [6, 6.07) is 19.5. The highest BCUT2D eigenvalue weighted by Crippen LogP contribution is 2.26. The molecule has 39 heavy (non-hydrogen) atoms. The summed E-state index contributed by atoms with van der Waals surface area (Å²) in [4.78, 5) is 28.5. The molecule has 9 heteroatoms. The number of nitrogens with zero attached hydrogens (tertiary/aromatic N) is 2. The molecular weight excluding hydrogens is 534 g/mol. The lowest BCUT2D eigenvalue weighted by Gasteiger charge is -2.32. The predicted molar refractivity (Wildman–Crippen MR) is 156 cm³/mol. The third kappa shape index (κ3) is 7.83. The monoisotopic (exact) mass is 569 g/mol. The van der Waals surface area contributed by atoms with Crippen molar-refractivity contribution in [3.05, 3.63) is 94.5 Å². The lowest BCUT2D eigenvalue weighted by molar-refractivity contribution is -0.139. The Bertz CT molecular complexity index is 1390. The van der Waals surface area contributed by atoms with Gasteiger partial charge in [-0.3, -0.25) is 13.9 Å². The van der Waals surface area contributed by atoms with Gasteiger partial charge in [0.2, 0.25) is 11.8 Å². The van der Waals surface area contributed by atoms with Crippen molar-refractivity contribution in [2.45, 2.75) is 64.6 Å². The fourth-order valence-corrected chi connectivity index (χ4v) is 5.57. The van der Waals surface area contributed by atoms with Crippen molar-refractivity contribution in [1.29, 1.82) is 0 Å². The van der Waals surface area contributed by atoms with E-state index >= 15 is 0 Å². The van der Waals surface area contributed by atoms with E-state index in [9.17, 15) is 18.0 Å². The summed E-state index contributed by atoms with van der Waals surface area (Å²) < 4.78 is 28.7. The fourth-order valence-electron chi connectivity index (χ4n) is 4.03. The molecule has 3 aromatic carbocycles. The summed E-state index contributed by atoms with van der Waals surface area (Å²) in [5.41, 5.74) is 3.06. The molecule has 0 saturated heterocycles. The third-order valence-electron chi connectivity index (χ3n) is 6.61. The van der Waals surface area contributed by atoms with Crippen LogP contribution in [0.5, 0.6) is 0 Å². The summed E-state index contributed by atoms with van der Waals surface area (Å²) in [7, 11) is -4.12. The van der Waals surface area contributed by atoms with Crippen molar-refractivity contribution in [2.24, 2.45) is 0 Å². The summed E-state index contributed by atoms with van der Waals surface area (Å²) in [6.45, 7) is 8.99. The number of hydrogen-bond donors (Lipinski definition) is 1. The van der Waals surface area contributed by atoms with Crippen LogP contribution in [0.15, 0.2) is 77.7 Å². The highest BCUT2D eigenvalue weighted by atomic mass is 35.5. The molecule has 3 aromatic rings. The maximum Gasteiger partial charge on any atom is 0.264 e. The lowest BCUT2D eigenvalue weighted by atomic mass is 10.1. The Morgan fingerprint density at radius 1 is 0.923 bits per heavy atom. The SMILES string of the molecule is CC[C@H](C)NC(=O)[C@@H](C)N(Cc1cccc(C)c1)C(=O)CN(c1ccc(Cl)cc1)S(=O)(=O)c1ccc(C)cc1. The highest BCUT2D eigenvalue weighted by Gasteiger charge is 2.32. The quantitative estimate of drug-likeness (QED) is 0.331. The molecule has 0 aliphatic rings. The Labute approximate surface area is 236 Å². The number of amides is 2. The molecule has 0 bridgehead atoms. The first-order chi connectivity index (χ1) is 18.4. The molecule has 0 radical (unpaired) electrons. The van der Waals surface area contributed by atoms with Crippen molar-refractivity contribution in [1.82, 2.24) is 10.2 Å². The van der Waals surface area contributed by atoms with Gasteiger partial charge in [-0.05, 0) is 76.1 Å². The number of halogens is 1. The normalized spacial score (nSPS) is 12.9. The number of anilines is 1. The standard InChI is InChI=1S/C30H36ClN3O4S/c1-6-23(4)32-30(36)24(5)33(19-25-9-7-8-22(3)18-25)29(35)20-34(27-14-12-26(31)13-15-27)39(37,38)28-16-10-21(2)11-17-28/h7-18,23-24H,6,19-20H2,1-5H3,(H,32,36)/t23-,24+/m0/s1. The number of nitrogens with one attached hydrogen (secondary N) is 1. The second kappa shape index (κ2) is 13.1. The molecule has 0 aliphatic carbocycles. The van der Waals surface area contributed by atoms with Gasteiger partial charge in [-0.15, -0.1) is 0 Å². The molecule has 1 N–H and O–H groups in total. The first-order valence-electron chi connectivity index (χ1n) is 12.9. The van der Waals surface area contributed by atoms with E-state index in [-0.39, 0.29) is 23.4 Å². The van der Waals surface area contributed by atoms with Crippen molar-refractivity contribution >= 4 is 39.1 Å². The molecule has 0 unspecified atom stereocenters. The van der Waals surface area contributed by atoms with E-state index in [2.05, 4.69) is 5.32 Å². The summed E-state index contributed by atoms with van der Waals surface area (Å²) >= 11 is 6.07. The van der Waals surface area contributed by atoms with Crippen LogP contribution in [-0.4, -0.2) is 43.8 Å². The van der Waals surface area contributed by atoms with Crippen LogP contribution in [0.4, 0.5) is 5.69 Å². The largest absolute Gasteiger partial charge is 0.352 e. The van der Waals surface area contributed by atoms with Gasteiger partial charge < -0.3 is 10.2 Å². The maximum absolute atomic E-state index is 13.9. The van der Waals surface area contributed by atoms with Crippen LogP contribution < -0.4 is 9.62 Å². The van der Waals surface area contributed by atoms with E-state index in [0.29, 0.717) is 10.7 Å². The zero-order valence-corrected chi connectivity index (χ0v) is 24.6. The zero-order valence-electron chi connectivity index (χ0n) is 23.0. The second-order valence-electron chi connectivity index (χ2n) is 9.81. The van der Waals surface area contributed by atoms with Crippen LogP contribution in [0.3, 0.4) is 0 Å². The van der Waals surface area contributed by atoms with Gasteiger partial charge >= 0.3 is 0 Å². The lowest BCUT2D eigenvalue weighted by Crippen LogP contribution is -2.52. The Morgan fingerprint density at radius 2 is 1.56 bits per heavy atom. The molecule has 0 heterocycles. The Kier molecular flexibility index (Phi) is 10.2. The minimum absolute atomic E-state index is 0.0589. The minimum atomic E-state index is -4.12. The van der Waals surface area contributed by atoms with Gasteiger partial charge in [-0.25, -0.2) is 8.42 Å². The van der Waals surface area contributed by atoms with Gasteiger partial charge in [0, 0.05) is 17.6 Å². The van der Waals surface area contributed by atoms with Crippen molar-refractivity contribution in [2.75, 3.05) is 10.8 Å². The number of aryl methyl sites for hydroxylation is 2. The molecular formula is C30H36ClN3O4S. The molecule has 3 rings (SSSR count). The van der Waals surface area contributed by atoms with E-state index in [1.807, 2.05) is 52.0 Å². The van der Waals surface area contributed by atoms with Gasteiger partial charge in [-0.1, -0.05) is 66.0 Å². The van der Waals surface area contributed by atoms with Crippen molar-refractivity contribution in [3.8, 4) is 0 Å². The first-order valence-corrected chi connectivity index (χ1v) is 14.7. The summed E-state index contributed by atoms with van der Waals surface area (Å²) in [5, 5.41) is 3.37. The molecule has 2 atom stereocenters. The molecule has 0 saturated carbocycles. The molecule has 208 valence electrons. The number of benzene rings is 3. The van der Waals surface area contributed by atoms with E-state index in [0.717, 1.165) is 27.4 Å². The van der Waals surface area contributed by atoms with E-state index in [1.54, 1.807) is 43.3 Å². The highest BCUT2D eigenvalue weighted by molar-refractivity contribution is 7.92. The molecule has 0 aliphatic heterocycles. The van der Waals surface area contributed by atoms with Crippen LogP contribution >= 0.6 is 11.6 Å². The van der Waals surface area contributed by atoms with Gasteiger partial charge in [0.25, 0.3) is 10.0 Å². The Morgan fingerprint density at radius 3 is 2.15 bits per heavy atom. The Balaban J connectivity index is 2.02. The predicted octanol–water partition coefficient (Wildman–Crippen LogP) is 5.48. The maximum atomic E-state index is 13.9. The molecule has 0 spiro atoms. The average molecular weight is 570 g/mol. The molecule has 0 fully saturated rings. The number of carbonyl (C=O) groups excluding carboxylic acids is 2. The number of hydrogen-bond acceptors (Lipinski definition) is 4. The summed E-state index contributed by atoms with van der Waals surface area (Å²) in [5.74, 6) is -0.807. The van der Waals surface area contributed by atoms with Crippen molar-refractivity contribution < 1.29 is 18.0 Å². The van der Waals surface area contributed by atoms with Gasteiger partial charge in [0.05, 0.1) is 10.6 Å². The molecule has 0 aromatic heterocycles. The van der Waals surface area contributed by atoms with Gasteiger partial charge in [-0.2, -0.15) is 0 Å². The Hall–Kier alpha value is -3.36. The minimum Gasteiger partial charge on any atom is -0.352 e. The zero-order chi connectivity index (χ0) is 28.7. The topological polar surface area (TPSA) is 86.8 Å². The van der Waals surface area contributed by atoms with E-state index in [1.165, 1.54) is 17.0 Å². The van der Waals surface area contributed by atoms with E-state index < -0.39 is 28.5 Å². The third-order valence-corrected chi connectivity index (χ3v) is 8.65. The first kappa shape index (κ1) is 30.2. The van der Waals surface area contributed by atoms with Crippen molar-refractivity contribution in [3.63, 3.8) is 0 Å². The number of rotatable bonds is 11. The average Bonchev–Trinajstić information content (AvgIpc) is 2.90. The molecule has 2 amide bonds. The summed E-state index contributed by atoms with van der Waals surface area (Å²) in [6.07, 6.45) is 0.740. The fraction of sp³-hybridized carbons (Fsp3) is 0.333. The van der Waals surface area contributed by atoms with E-state index in [4.69, 9.17) is 11.6 Å². The number of sulfonamides is 1. The van der Waals surface area contributed by atoms with Crippen LogP contribution in [-0.2, 0) is 26.2 Å². The molecule has 7 nitrogen and oxygen atoms in total. The van der Waals surface area contributed by atoms with Crippen LogP contribution in [0.2, 0.25) is 5.02 Å². The second-order valence-corrected chi connectivity index (χ2v) is 12.1. The van der Waals surface area contributed by atoms with Gasteiger partial charge in [0.15, 0.2) is 0 Å². The number of carbonyl (C=O) groups is 2. The van der Waals surface area contributed by atoms with Crippen LogP contribution in [0, 0.1) is 13.8 Å². The smallest absolute Gasteiger partial charge is 0.264 e.